The lowest BCUT2D eigenvalue weighted by molar-refractivity contribution is -0.142. The molecule has 5 nitrogen and oxygen atoms in total. The van der Waals surface area contributed by atoms with Gasteiger partial charge in [0.15, 0.2) is 0 Å². The van der Waals surface area contributed by atoms with Crippen molar-refractivity contribution in [2.24, 2.45) is 0 Å². The third-order valence-electron chi connectivity index (χ3n) is 2.25. The Balaban J connectivity index is 3.15. The zero-order valence-electron chi connectivity index (χ0n) is 10.1. The van der Waals surface area contributed by atoms with E-state index in [1.165, 1.54) is 7.11 Å². The highest BCUT2D eigenvalue weighted by Gasteiger charge is 2.22. The molecule has 0 amide bonds. The second-order valence-electron chi connectivity index (χ2n) is 3.39. The van der Waals surface area contributed by atoms with E-state index in [9.17, 15) is 13.6 Å². The van der Waals surface area contributed by atoms with Crippen molar-refractivity contribution in [1.29, 1.82) is 0 Å². The Morgan fingerprint density at radius 3 is 2.72 bits per heavy atom. The van der Waals surface area contributed by atoms with E-state index in [0.717, 1.165) is 6.20 Å². The number of nitrogens with two attached hydrogens (primary N) is 1. The van der Waals surface area contributed by atoms with Gasteiger partial charge in [0, 0.05) is 11.8 Å². The molecule has 1 aromatic heterocycles. The van der Waals surface area contributed by atoms with E-state index in [0.29, 0.717) is 0 Å². The first-order valence-corrected chi connectivity index (χ1v) is 5.26. The molecule has 0 radical (unpaired) electrons. The molecule has 18 heavy (non-hydrogen) atoms. The number of halogens is 2. The van der Waals surface area contributed by atoms with Gasteiger partial charge < -0.3 is 15.2 Å². The van der Waals surface area contributed by atoms with E-state index in [1.54, 1.807) is 6.92 Å². The first kappa shape index (κ1) is 14.1. The van der Waals surface area contributed by atoms with E-state index in [1.807, 2.05) is 0 Å². The number of hydrogen-bond donors (Lipinski definition) is 1. The van der Waals surface area contributed by atoms with E-state index in [4.69, 9.17) is 15.2 Å². The van der Waals surface area contributed by atoms with Crippen LogP contribution in [0, 0.1) is 0 Å². The minimum absolute atomic E-state index is 0.0238. The van der Waals surface area contributed by atoms with Crippen molar-refractivity contribution in [3.63, 3.8) is 0 Å². The van der Waals surface area contributed by atoms with Crippen LogP contribution in [-0.4, -0.2) is 24.7 Å². The lowest BCUT2D eigenvalue weighted by Crippen LogP contribution is -2.12. The Hall–Kier alpha value is -1.92. The van der Waals surface area contributed by atoms with Gasteiger partial charge in [0.2, 0.25) is 0 Å². The fourth-order valence-corrected chi connectivity index (χ4v) is 1.49. The van der Waals surface area contributed by atoms with Crippen LogP contribution in [0.15, 0.2) is 6.20 Å². The highest BCUT2D eigenvalue weighted by Crippen LogP contribution is 2.34. The van der Waals surface area contributed by atoms with Crippen LogP contribution in [0.5, 0.6) is 5.75 Å². The summed E-state index contributed by atoms with van der Waals surface area (Å²) in [7, 11) is 1.23. The quantitative estimate of drug-likeness (QED) is 0.816. The van der Waals surface area contributed by atoms with Gasteiger partial charge in [-0.15, -0.1) is 0 Å². The number of hydrogen-bond acceptors (Lipinski definition) is 5. The SMILES string of the molecule is CCOC(=O)Cc1c(N)ncc(C(F)F)c1OC. The number of alkyl halides is 2. The van der Waals surface area contributed by atoms with Crippen LogP contribution in [0.4, 0.5) is 14.6 Å². The molecule has 1 heterocycles. The molecule has 0 aliphatic carbocycles. The Bertz CT molecular complexity index is 439. The first-order valence-electron chi connectivity index (χ1n) is 5.26. The molecule has 0 unspecified atom stereocenters. The van der Waals surface area contributed by atoms with Crippen LogP contribution >= 0.6 is 0 Å². The van der Waals surface area contributed by atoms with Crippen LogP contribution < -0.4 is 10.5 Å². The van der Waals surface area contributed by atoms with Gasteiger partial charge in [0.05, 0.1) is 25.7 Å². The number of pyridine rings is 1. The van der Waals surface area contributed by atoms with Crippen molar-refractivity contribution >= 4 is 11.8 Å². The number of nitrogens with zero attached hydrogens (tertiary/aromatic N) is 1. The van der Waals surface area contributed by atoms with Crippen molar-refractivity contribution in [3.05, 3.63) is 17.3 Å². The largest absolute Gasteiger partial charge is 0.496 e. The maximum atomic E-state index is 12.7. The number of nitrogen functional groups attached to an aromatic ring is 1. The smallest absolute Gasteiger partial charge is 0.310 e. The van der Waals surface area contributed by atoms with Gasteiger partial charge in [0.25, 0.3) is 6.43 Å². The van der Waals surface area contributed by atoms with Crippen LogP contribution in [0.3, 0.4) is 0 Å². The molecule has 0 atom stereocenters. The first-order chi connectivity index (χ1) is 8.51. The maximum Gasteiger partial charge on any atom is 0.310 e. The third-order valence-corrected chi connectivity index (χ3v) is 2.25. The Morgan fingerprint density at radius 2 is 2.22 bits per heavy atom. The summed E-state index contributed by atoms with van der Waals surface area (Å²) in [6, 6.07) is 0. The molecule has 0 fully saturated rings. The molecular formula is C11H14F2N2O3. The number of aromatic nitrogens is 1. The van der Waals surface area contributed by atoms with Crippen molar-refractivity contribution < 1.29 is 23.0 Å². The van der Waals surface area contributed by atoms with Crippen molar-refractivity contribution in [2.45, 2.75) is 19.8 Å². The minimum atomic E-state index is -2.76. The predicted molar refractivity (Wildman–Crippen MR) is 60.5 cm³/mol. The molecule has 7 heteroatoms. The van der Waals surface area contributed by atoms with E-state index in [2.05, 4.69) is 4.98 Å². The average Bonchev–Trinajstić information content (AvgIpc) is 2.31. The number of carbonyl (C=O) groups excluding carboxylic acids is 1. The number of ether oxygens (including phenoxy) is 2. The zero-order valence-corrected chi connectivity index (χ0v) is 10.1. The maximum absolute atomic E-state index is 12.7. The molecule has 1 aromatic rings. The van der Waals surface area contributed by atoms with Gasteiger partial charge in [-0.1, -0.05) is 0 Å². The van der Waals surface area contributed by atoms with Crippen molar-refractivity contribution in [1.82, 2.24) is 4.98 Å². The summed E-state index contributed by atoms with van der Waals surface area (Å²) >= 11 is 0. The van der Waals surface area contributed by atoms with Gasteiger partial charge in [-0.2, -0.15) is 0 Å². The molecular weight excluding hydrogens is 246 g/mol. The second kappa shape index (κ2) is 6.13. The van der Waals surface area contributed by atoms with Gasteiger partial charge in [-0.3, -0.25) is 4.79 Å². The molecule has 0 bridgehead atoms. The lowest BCUT2D eigenvalue weighted by atomic mass is 10.1. The number of methoxy groups -OCH3 is 1. The molecule has 0 spiro atoms. The van der Waals surface area contributed by atoms with Gasteiger partial charge in [-0.25, -0.2) is 13.8 Å². The molecule has 1 rings (SSSR count). The Labute approximate surface area is 103 Å². The summed E-state index contributed by atoms with van der Waals surface area (Å²) in [5, 5.41) is 0. The molecule has 100 valence electrons. The molecule has 0 aliphatic rings. The molecule has 0 aromatic carbocycles. The fourth-order valence-electron chi connectivity index (χ4n) is 1.49. The third kappa shape index (κ3) is 3.06. The predicted octanol–water partition coefficient (Wildman–Crippen LogP) is 1.72. The molecule has 0 saturated carbocycles. The zero-order chi connectivity index (χ0) is 13.7. The average molecular weight is 260 g/mol. The number of esters is 1. The van der Waals surface area contributed by atoms with Gasteiger partial charge in [-0.05, 0) is 6.92 Å². The van der Waals surface area contributed by atoms with Gasteiger partial charge in [0.1, 0.15) is 11.6 Å². The summed E-state index contributed by atoms with van der Waals surface area (Å²) in [6.45, 7) is 1.84. The Morgan fingerprint density at radius 1 is 1.56 bits per heavy atom. The minimum Gasteiger partial charge on any atom is -0.496 e. The van der Waals surface area contributed by atoms with Crippen molar-refractivity contribution in [2.75, 3.05) is 19.5 Å². The van der Waals surface area contributed by atoms with E-state index >= 15 is 0 Å². The topological polar surface area (TPSA) is 74.4 Å². The standard InChI is InChI=1S/C11H14F2N2O3/c1-3-18-8(16)4-6-9(17-2)7(10(12)13)5-15-11(6)14/h5,10H,3-4H2,1-2H3,(H2,14,15). The Kier molecular flexibility index (Phi) is 4.82. The molecule has 2 N–H and O–H groups in total. The van der Waals surface area contributed by atoms with Crippen LogP contribution in [0.2, 0.25) is 0 Å². The molecule has 0 aliphatic heterocycles. The summed E-state index contributed by atoms with van der Waals surface area (Å²) in [4.78, 5) is 15.0. The van der Waals surface area contributed by atoms with Crippen molar-refractivity contribution in [3.8, 4) is 5.75 Å². The van der Waals surface area contributed by atoms with Crippen LogP contribution in [-0.2, 0) is 16.0 Å². The fraction of sp³-hybridized carbons (Fsp3) is 0.455. The number of rotatable bonds is 5. The van der Waals surface area contributed by atoms with E-state index < -0.39 is 18.0 Å². The number of anilines is 1. The monoisotopic (exact) mass is 260 g/mol. The summed E-state index contributed by atoms with van der Waals surface area (Å²) < 4.78 is 35.1. The lowest BCUT2D eigenvalue weighted by Gasteiger charge is -2.14. The summed E-state index contributed by atoms with van der Waals surface area (Å²) in [5.74, 6) is -0.717. The summed E-state index contributed by atoms with van der Waals surface area (Å²) in [5.41, 5.74) is 5.29. The summed E-state index contributed by atoms with van der Waals surface area (Å²) in [6.07, 6.45) is -2.07. The highest BCUT2D eigenvalue weighted by molar-refractivity contribution is 5.76. The van der Waals surface area contributed by atoms with Gasteiger partial charge >= 0.3 is 5.97 Å². The number of carbonyl (C=O) groups is 1. The van der Waals surface area contributed by atoms with Crippen LogP contribution in [0.1, 0.15) is 24.5 Å². The van der Waals surface area contributed by atoms with E-state index in [-0.39, 0.29) is 30.2 Å². The molecule has 0 saturated heterocycles. The second-order valence-corrected chi connectivity index (χ2v) is 3.39. The highest BCUT2D eigenvalue weighted by atomic mass is 19.3. The van der Waals surface area contributed by atoms with Crippen LogP contribution in [0.25, 0.3) is 0 Å². The normalized spacial score (nSPS) is 10.5.